The van der Waals surface area contributed by atoms with Crippen LogP contribution in [0.25, 0.3) is 22.2 Å². The number of methoxy groups -OCH3 is 1. The molecule has 0 saturated carbocycles. The van der Waals surface area contributed by atoms with E-state index < -0.39 is 11.4 Å². The molecule has 33 heavy (non-hydrogen) atoms. The predicted molar refractivity (Wildman–Crippen MR) is 129 cm³/mol. The Balaban J connectivity index is 1.72. The average molecular weight is 475 g/mol. The van der Waals surface area contributed by atoms with E-state index in [4.69, 9.17) is 21.1 Å². The van der Waals surface area contributed by atoms with E-state index in [-0.39, 0.29) is 11.8 Å². The number of aromatic nitrogens is 2. The third-order valence-electron chi connectivity index (χ3n) is 4.94. The molecule has 2 aromatic heterocycles. The molecule has 2 heterocycles. The molecule has 3 rings (SSSR count). The molecule has 0 bridgehead atoms. The zero-order valence-electron chi connectivity index (χ0n) is 19.6. The molecule has 0 saturated heterocycles. The lowest BCUT2D eigenvalue weighted by Crippen LogP contribution is -2.38. The highest BCUT2D eigenvalue weighted by atomic mass is 35.5. The minimum atomic E-state index is -0.534. The SMILES string of the molecule is COc1cc2nc(-c3ccc(N(C)CCN(C)C(=O)OC(C)(C)C)nc3)cc(Cl)c2cc1F. The standard InChI is InChI=1S/C24H28ClFN4O3/c1-24(2,3)33-23(31)30(5)10-9-29(4)22-8-7-15(14-27-22)19-12-17(25)16-11-18(26)21(32-6)13-20(16)28-19/h7-8,11-14H,9-10H2,1-6H3. The summed E-state index contributed by atoms with van der Waals surface area (Å²) in [5, 5.41) is 0.903. The van der Waals surface area contributed by atoms with Crippen molar-refractivity contribution in [1.82, 2.24) is 14.9 Å². The van der Waals surface area contributed by atoms with Gasteiger partial charge in [0.15, 0.2) is 11.6 Å². The second-order valence-corrected chi connectivity index (χ2v) is 9.13. The van der Waals surface area contributed by atoms with Crippen LogP contribution in [0, 0.1) is 5.82 Å². The summed E-state index contributed by atoms with van der Waals surface area (Å²) >= 11 is 6.38. The fourth-order valence-electron chi connectivity index (χ4n) is 3.10. The van der Waals surface area contributed by atoms with Gasteiger partial charge in [-0.2, -0.15) is 0 Å². The van der Waals surface area contributed by atoms with E-state index in [9.17, 15) is 9.18 Å². The van der Waals surface area contributed by atoms with Crippen molar-refractivity contribution < 1.29 is 18.7 Å². The topological polar surface area (TPSA) is 67.8 Å². The van der Waals surface area contributed by atoms with Crippen LogP contribution in [-0.2, 0) is 4.74 Å². The largest absolute Gasteiger partial charge is 0.494 e. The number of fused-ring (bicyclic) bond motifs is 1. The summed E-state index contributed by atoms with van der Waals surface area (Å²) in [5.74, 6) is 0.356. The molecule has 0 unspecified atom stereocenters. The first-order valence-corrected chi connectivity index (χ1v) is 10.8. The number of hydrogen-bond donors (Lipinski definition) is 0. The summed E-state index contributed by atoms with van der Waals surface area (Å²) in [6.45, 7) is 6.57. The van der Waals surface area contributed by atoms with E-state index in [0.717, 1.165) is 11.4 Å². The second kappa shape index (κ2) is 9.79. The average Bonchev–Trinajstić information content (AvgIpc) is 2.76. The molecule has 0 aliphatic rings. The maximum Gasteiger partial charge on any atom is 0.410 e. The van der Waals surface area contributed by atoms with E-state index in [1.807, 2.05) is 44.9 Å². The lowest BCUT2D eigenvalue weighted by Gasteiger charge is -2.26. The number of carbonyl (C=O) groups is 1. The van der Waals surface area contributed by atoms with E-state index in [2.05, 4.69) is 9.97 Å². The van der Waals surface area contributed by atoms with Crippen molar-refractivity contribution in [2.24, 2.45) is 0 Å². The Bertz CT molecular complexity index is 1150. The van der Waals surface area contributed by atoms with Gasteiger partial charge in [0.25, 0.3) is 0 Å². The van der Waals surface area contributed by atoms with E-state index >= 15 is 0 Å². The number of nitrogens with zero attached hydrogens (tertiary/aromatic N) is 4. The van der Waals surface area contributed by atoms with Gasteiger partial charge >= 0.3 is 6.09 Å². The molecular weight excluding hydrogens is 447 g/mol. The van der Waals surface area contributed by atoms with Crippen LogP contribution in [0.2, 0.25) is 5.02 Å². The summed E-state index contributed by atoms with van der Waals surface area (Å²) in [5.41, 5.74) is 1.38. The number of benzene rings is 1. The molecule has 0 spiro atoms. The minimum absolute atomic E-state index is 0.106. The summed E-state index contributed by atoms with van der Waals surface area (Å²) in [6.07, 6.45) is 1.34. The first-order chi connectivity index (χ1) is 15.5. The van der Waals surface area contributed by atoms with Gasteiger partial charge in [0.05, 0.1) is 23.3 Å². The summed E-state index contributed by atoms with van der Waals surface area (Å²) in [6, 6.07) is 8.29. The smallest absolute Gasteiger partial charge is 0.410 e. The number of rotatable bonds is 6. The molecule has 0 N–H and O–H groups in total. The number of halogens is 2. The summed E-state index contributed by atoms with van der Waals surface area (Å²) < 4.78 is 24.4. The van der Waals surface area contributed by atoms with Crippen LogP contribution >= 0.6 is 11.6 Å². The van der Waals surface area contributed by atoms with Crippen molar-refractivity contribution in [3.05, 3.63) is 47.4 Å². The third kappa shape index (κ3) is 6.01. The Morgan fingerprint density at radius 3 is 2.48 bits per heavy atom. The molecule has 9 heteroatoms. The molecule has 0 atom stereocenters. The van der Waals surface area contributed by atoms with Gasteiger partial charge in [-0.05, 0) is 45.0 Å². The quantitative estimate of drug-likeness (QED) is 0.476. The van der Waals surface area contributed by atoms with Crippen molar-refractivity contribution in [1.29, 1.82) is 0 Å². The molecule has 3 aromatic rings. The maximum atomic E-state index is 14.0. The maximum absolute atomic E-state index is 14.0. The van der Waals surface area contributed by atoms with Gasteiger partial charge in [0.1, 0.15) is 11.4 Å². The van der Waals surface area contributed by atoms with Gasteiger partial charge in [-0.15, -0.1) is 0 Å². The molecule has 0 radical (unpaired) electrons. The predicted octanol–water partition coefficient (Wildman–Crippen LogP) is 5.40. The lowest BCUT2D eigenvalue weighted by atomic mass is 10.1. The van der Waals surface area contributed by atoms with Crippen molar-refractivity contribution in [2.75, 3.05) is 39.2 Å². The number of pyridine rings is 2. The highest BCUT2D eigenvalue weighted by Gasteiger charge is 2.20. The van der Waals surface area contributed by atoms with E-state index in [0.29, 0.717) is 34.7 Å². The Morgan fingerprint density at radius 2 is 1.88 bits per heavy atom. The fraction of sp³-hybridized carbons (Fsp3) is 0.375. The highest BCUT2D eigenvalue weighted by Crippen LogP contribution is 2.32. The number of likely N-dealkylation sites (N-methyl/N-ethyl adjacent to an activating group) is 2. The minimum Gasteiger partial charge on any atom is -0.494 e. The molecule has 1 aromatic carbocycles. The fourth-order valence-corrected chi connectivity index (χ4v) is 3.35. The van der Waals surface area contributed by atoms with Gasteiger partial charge < -0.3 is 19.3 Å². The zero-order chi connectivity index (χ0) is 24.3. The molecule has 0 aliphatic heterocycles. The monoisotopic (exact) mass is 474 g/mol. The van der Waals surface area contributed by atoms with Crippen molar-refractivity contribution >= 4 is 34.4 Å². The summed E-state index contributed by atoms with van der Waals surface area (Å²) in [4.78, 5) is 24.7. The van der Waals surface area contributed by atoms with Gasteiger partial charge in [0.2, 0.25) is 0 Å². The van der Waals surface area contributed by atoms with Crippen LogP contribution in [0.4, 0.5) is 15.0 Å². The van der Waals surface area contributed by atoms with Crippen LogP contribution < -0.4 is 9.64 Å². The third-order valence-corrected chi connectivity index (χ3v) is 5.26. The Labute approximate surface area is 198 Å². The number of anilines is 1. The van der Waals surface area contributed by atoms with Gasteiger partial charge in [-0.3, -0.25) is 0 Å². The van der Waals surface area contributed by atoms with Gasteiger partial charge in [0, 0.05) is 50.4 Å². The summed E-state index contributed by atoms with van der Waals surface area (Å²) in [7, 11) is 5.01. The van der Waals surface area contributed by atoms with Gasteiger partial charge in [-0.25, -0.2) is 19.2 Å². The van der Waals surface area contributed by atoms with Crippen molar-refractivity contribution in [2.45, 2.75) is 26.4 Å². The van der Waals surface area contributed by atoms with Crippen molar-refractivity contribution in [3.63, 3.8) is 0 Å². The van der Waals surface area contributed by atoms with Crippen LogP contribution in [0.3, 0.4) is 0 Å². The lowest BCUT2D eigenvalue weighted by molar-refractivity contribution is 0.0303. The van der Waals surface area contributed by atoms with Crippen LogP contribution in [0.5, 0.6) is 5.75 Å². The number of carbonyl (C=O) groups excluding carboxylic acids is 1. The van der Waals surface area contributed by atoms with Gasteiger partial charge in [-0.1, -0.05) is 11.6 Å². The number of amides is 1. The molecule has 0 fully saturated rings. The van der Waals surface area contributed by atoms with Crippen molar-refractivity contribution in [3.8, 4) is 17.0 Å². The van der Waals surface area contributed by atoms with E-state index in [1.54, 1.807) is 19.3 Å². The van der Waals surface area contributed by atoms with Crippen LogP contribution in [0.1, 0.15) is 20.8 Å². The normalized spacial score (nSPS) is 11.4. The Hall–Kier alpha value is -3.13. The Kier molecular flexibility index (Phi) is 7.27. The van der Waals surface area contributed by atoms with E-state index in [1.165, 1.54) is 24.1 Å². The first-order valence-electron chi connectivity index (χ1n) is 10.4. The van der Waals surface area contributed by atoms with Crippen LogP contribution in [0.15, 0.2) is 36.5 Å². The van der Waals surface area contributed by atoms with Crippen LogP contribution in [-0.4, -0.2) is 60.9 Å². The molecule has 1 amide bonds. The molecule has 0 aliphatic carbocycles. The molecule has 176 valence electrons. The second-order valence-electron chi connectivity index (χ2n) is 8.72. The number of hydrogen-bond acceptors (Lipinski definition) is 6. The highest BCUT2D eigenvalue weighted by molar-refractivity contribution is 6.35. The number of ether oxygens (including phenoxy) is 2. The first kappa shape index (κ1) is 24.5. The Morgan fingerprint density at radius 1 is 1.15 bits per heavy atom. The molecule has 7 nitrogen and oxygen atoms in total. The zero-order valence-corrected chi connectivity index (χ0v) is 20.4. The molecular formula is C24H28ClFN4O3.